The number of esters is 1. The second kappa shape index (κ2) is 8.12. The van der Waals surface area contributed by atoms with Crippen LogP contribution in [0.3, 0.4) is 0 Å². The van der Waals surface area contributed by atoms with Crippen molar-refractivity contribution in [1.29, 1.82) is 0 Å². The van der Waals surface area contributed by atoms with Gasteiger partial charge in [-0.2, -0.15) is 0 Å². The zero-order valence-electron chi connectivity index (χ0n) is 15.5. The summed E-state index contributed by atoms with van der Waals surface area (Å²) in [5, 5.41) is 3.02. The average molecular weight is 407 g/mol. The monoisotopic (exact) mass is 406 g/mol. The van der Waals surface area contributed by atoms with Gasteiger partial charge in [-0.25, -0.2) is 9.78 Å². The Labute approximate surface area is 171 Å². The van der Waals surface area contributed by atoms with Crippen LogP contribution in [-0.2, 0) is 10.5 Å². The van der Waals surface area contributed by atoms with Crippen LogP contribution in [0.1, 0.15) is 21.6 Å². The Morgan fingerprint density at radius 3 is 2.61 bits per heavy atom. The predicted octanol–water partition coefficient (Wildman–Crippen LogP) is 5.75. The van der Waals surface area contributed by atoms with Gasteiger partial charge in [0.25, 0.3) is 0 Å². The first kappa shape index (κ1) is 18.7. The molecule has 0 aliphatic rings. The molecule has 2 aromatic heterocycles. The lowest BCUT2D eigenvalue weighted by atomic mass is 10.0. The minimum absolute atomic E-state index is 0.351. The number of thiazole rings is 1. The number of thioether (sulfide) groups is 1. The van der Waals surface area contributed by atoms with E-state index >= 15 is 0 Å². The molecule has 0 aliphatic heterocycles. The van der Waals surface area contributed by atoms with Crippen LogP contribution < -0.4 is 0 Å². The zero-order valence-corrected chi connectivity index (χ0v) is 17.1. The SMILES string of the molecule is COC(=O)c1c(CSc2nc(-c3ccccc3)cs2)nc2ccccc2c1C. The summed E-state index contributed by atoms with van der Waals surface area (Å²) in [4.78, 5) is 21.9. The maximum Gasteiger partial charge on any atom is 0.340 e. The maximum absolute atomic E-state index is 12.4. The van der Waals surface area contributed by atoms with Crippen molar-refractivity contribution >= 4 is 40.0 Å². The van der Waals surface area contributed by atoms with Crippen molar-refractivity contribution < 1.29 is 9.53 Å². The van der Waals surface area contributed by atoms with Crippen LogP contribution in [0, 0.1) is 6.92 Å². The lowest BCUT2D eigenvalue weighted by Crippen LogP contribution is -2.10. The van der Waals surface area contributed by atoms with Crippen LogP contribution in [0.2, 0.25) is 0 Å². The number of para-hydroxylation sites is 1. The van der Waals surface area contributed by atoms with Crippen molar-refractivity contribution in [2.45, 2.75) is 17.0 Å². The lowest BCUT2D eigenvalue weighted by Gasteiger charge is -2.12. The predicted molar refractivity (Wildman–Crippen MR) is 115 cm³/mol. The number of aromatic nitrogens is 2. The van der Waals surface area contributed by atoms with Crippen molar-refractivity contribution in [3.63, 3.8) is 0 Å². The number of hydrogen-bond donors (Lipinski definition) is 0. The van der Waals surface area contributed by atoms with Crippen LogP contribution in [0.15, 0.2) is 64.3 Å². The third kappa shape index (κ3) is 3.66. The molecule has 4 nitrogen and oxygen atoms in total. The molecule has 140 valence electrons. The number of pyridine rings is 1. The summed E-state index contributed by atoms with van der Waals surface area (Å²) in [7, 11) is 1.40. The largest absolute Gasteiger partial charge is 0.465 e. The summed E-state index contributed by atoms with van der Waals surface area (Å²) in [5.41, 5.74) is 5.12. The fourth-order valence-corrected chi connectivity index (χ4v) is 4.89. The Bertz CT molecular complexity index is 1140. The van der Waals surface area contributed by atoms with Crippen LogP contribution in [0.4, 0.5) is 0 Å². The van der Waals surface area contributed by atoms with Crippen molar-refractivity contribution in [2.24, 2.45) is 0 Å². The van der Waals surface area contributed by atoms with Crippen LogP contribution in [0.5, 0.6) is 0 Å². The van der Waals surface area contributed by atoms with Gasteiger partial charge in [0.2, 0.25) is 0 Å². The van der Waals surface area contributed by atoms with Gasteiger partial charge >= 0.3 is 5.97 Å². The third-order valence-corrected chi connectivity index (χ3v) is 6.53. The number of fused-ring (bicyclic) bond motifs is 1. The molecule has 0 N–H and O–H groups in total. The first-order valence-corrected chi connectivity index (χ1v) is 10.6. The van der Waals surface area contributed by atoms with E-state index in [9.17, 15) is 4.79 Å². The molecule has 0 bridgehead atoms. The van der Waals surface area contributed by atoms with E-state index < -0.39 is 0 Å². The maximum atomic E-state index is 12.4. The Morgan fingerprint density at radius 2 is 1.82 bits per heavy atom. The number of nitrogens with zero attached hydrogens (tertiary/aromatic N) is 2. The number of benzene rings is 2. The molecule has 0 spiro atoms. The fraction of sp³-hybridized carbons (Fsp3) is 0.136. The summed E-state index contributed by atoms with van der Waals surface area (Å²) in [5.74, 6) is 0.202. The average Bonchev–Trinajstić information content (AvgIpc) is 3.21. The van der Waals surface area contributed by atoms with E-state index in [1.807, 2.05) is 61.5 Å². The molecular formula is C22H18N2O2S2. The van der Waals surface area contributed by atoms with E-state index in [4.69, 9.17) is 14.7 Å². The summed E-state index contributed by atoms with van der Waals surface area (Å²) in [6.45, 7) is 1.95. The molecule has 0 radical (unpaired) electrons. The third-order valence-electron chi connectivity index (χ3n) is 4.50. The Balaban J connectivity index is 1.64. The Hall–Kier alpha value is -2.70. The molecule has 2 heterocycles. The molecule has 2 aromatic carbocycles. The highest BCUT2D eigenvalue weighted by atomic mass is 32.2. The summed E-state index contributed by atoms with van der Waals surface area (Å²) < 4.78 is 5.97. The smallest absolute Gasteiger partial charge is 0.340 e. The molecular weight excluding hydrogens is 388 g/mol. The Kier molecular flexibility index (Phi) is 5.41. The van der Waals surface area contributed by atoms with E-state index in [1.54, 1.807) is 23.1 Å². The number of ether oxygens (including phenoxy) is 1. The number of hydrogen-bond acceptors (Lipinski definition) is 6. The molecule has 6 heteroatoms. The molecule has 28 heavy (non-hydrogen) atoms. The molecule has 0 unspecified atom stereocenters. The normalized spacial score (nSPS) is 10.9. The highest BCUT2D eigenvalue weighted by Gasteiger charge is 2.20. The van der Waals surface area contributed by atoms with Gasteiger partial charge in [-0.3, -0.25) is 4.98 Å². The molecule has 0 amide bonds. The van der Waals surface area contributed by atoms with Crippen LogP contribution in [0.25, 0.3) is 22.2 Å². The molecule has 0 aliphatic carbocycles. The van der Waals surface area contributed by atoms with E-state index in [0.29, 0.717) is 11.3 Å². The standard InChI is InChI=1S/C22H18N2O2S2/c1-14-16-10-6-7-11-17(16)23-19(20(14)21(25)26-2)13-28-22-24-18(12-27-22)15-8-4-3-5-9-15/h3-12H,13H2,1-2H3. The number of aryl methyl sites for hydroxylation is 1. The van der Waals surface area contributed by atoms with Gasteiger partial charge in [0.1, 0.15) is 0 Å². The minimum atomic E-state index is -0.351. The van der Waals surface area contributed by atoms with E-state index in [0.717, 1.165) is 37.8 Å². The quantitative estimate of drug-likeness (QED) is 0.312. The number of methoxy groups -OCH3 is 1. The van der Waals surface area contributed by atoms with Gasteiger partial charge in [0, 0.05) is 22.1 Å². The fourth-order valence-electron chi connectivity index (χ4n) is 3.11. The Morgan fingerprint density at radius 1 is 1.07 bits per heavy atom. The van der Waals surface area contributed by atoms with E-state index in [-0.39, 0.29) is 5.97 Å². The molecule has 4 aromatic rings. The number of carbonyl (C=O) groups excluding carboxylic acids is 1. The first-order chi connectivity index (χ1) is 13.7. The number of rotatable bonds is 5. The van der Waals surface area contributed by atoms with Gasteiger partial charge in [-0.15, -0.1) is 11.3 Å². The van der Waals surface area contributed by atoms with Gasteiger partial charge in [0.15, 0.2) is 4.34 Å². The highest BCUT2D eigenvalue weighted by molar-refractivity contribution is 8.00. The van der Waals surface area contributed by atoms with Crippen molar-refractivity contribution in [2.75, 3.05) is 7.11 Å². The van der Waals surface area contributed by atoms with E-state index in [1.165, 1.54) is 7.11 Å². The van der Waals surface area contributed by atoms with Crippen molar-refractivity contribution in [3.05, 3.63) is 76.8 Å². The van der Waals surface area contributed by atoms with Crippen LogP contribution >= 0.6 is 23.1 Å². The van der Waals surface area contributed by atoms with Crippen molar-refractivity contribution in [3.8, 4) is 11.3 Å². The zero-order chi connectivity index (χ0) is 19.5. The number of carbonyl (C=O) groups is 1. The highest BCUT2D eigenvalue weighted by Crippen LogP contribution is 2.32. The lowest BCUT2D eigenvalue weighted by molar-refractivity contribution is 0.0598. The van der Waals surface area contributed by atoms with Crippen LogP contribution in [-0.4, -0.2) is 23.0 Å². The van der Waals surface area contributed by atoms with E-state index in [2.05, 4.69) is 5.38 Å². The summed E-state index contributed by atoms with van der Waals surface area (Å²) in [6, 6.07) is 18.0. The van der Waals surface area contributed by atoms with Crippen molar-refractivity contribution in [1.82, 2.24) is 9.97 Å². The summed E-state index contributed by atoms with van der Waals surface area (Å²) in [6.07, 6.45) is 0. The molecule has 0 fully saturated rings. The molecule has 0 atom stereocenters. The molecule has 0 saturated heterocycles. The van der Waals surface area contributed by atoms with Gasteiger partial charge in [0.05, 0.1) is 29.6 Å². The van der Waals surface area contributed by atoms with Gasteiger partial charge < -0.3 is 4.74 Å². The molecule has 0 saturated carbocycles. The second-order valence-corrected chi connectivity index (χ2v) is 8.30. The topological polar surface area (TPSA) is 52.1 Å². The summed E-state index contributed by atoms with van der Waals surface area (Å²) >= 11 is 3.18. The minimum Gasteiger partial charge on any atom is -0.465 e. The van der Waals surface area contributed by atoms with Gasteiger partial charge in [-0.05, 0) is 18.6 Å². The second-order valence-electron chi connectivity index (χ2n) is 6.22. The van der Waals surface area contributed by atoms with Gasteiger partial charge in [-0.1, -0.05) is 60.3 Å². The molecule has 4 rings (SSSR count). The first-order valence-electron chi connectivity index (χ1n) is 8.77.